The maximum atomic E-state index is 13.0. The van der Waals surface area contributed by atoms with Gasteiger partial charge in [-0.2, -0.15) is 0 Å². The summed E-state index contributed by atoms with van der Waals surface area (Å²) in [4.78, 5) is 10.2. The van der Waals surface area contributed by atoms with E-state index in [-0.39, 0.29) is 5.69 Å². The first-order chi connectivity index (χ1) is 7.09. The topological polar surface area (TPSA) is 43.1 Å². The number of terminal acetylenes is 1. The molecule has 1 aliphatic rings. The molecule has 15 heavy (non-hydrogen) atoms. The molecule has 0 radical (unpaired) electrons. The third-order valence-corrected chi connectivity index (χ3v) is 2.70. The van der Waals surface area contributed by atoms with Crippen molar-refractivity contribution in [1.82, 2.24) is 0 Å². The Morgan fingerprint density at radius 1 is 1.53 bits per heavy atom. The molecule has 1 aromatic rings. The molecule has 76 valence electrons. The minimum Gasteiger partial charge on any atom is -0.258 e. The van der Waals surface area contributed by atoms with Gasteiger partial charge in [0.25, 0.3) is 5.69 Å². The maximum absolute atomic E-state index is 13.0. The van der Waals surface area contributed by atoms with Crippen LogP contribution in [0.2, 0.25) is 0 Å². The zero-order valence-electron chi connectivity index (χ0n) is 7.87. The van der Waals surface area contributed by atoms with E-state index >= 15 is 0 Å². The molecule has 0 saturated heterocycles. The van der Waals surface area contributed by atoms with Crippen LogP contribution in [0.1, 0.15) is 18.4 Å². The second kappa shape index (κ2) is 3.06. The van der Waals surface area contributed by atoms with Gasteiger partial charge < -0.3 is 0 Å². The number of benzene rings is 1. The third-order valence-electron chi connectivity index (χ3n) is 2.70. The molecule has 0 heterocycles. The zero-order valence-corrected chi connectivity index (χ0v) is 7.87. The molecule has 0 aliphatic heterocycles. The Balaban J connectivity index is 2.59. The molecule has 1 aromatic carbocycles. The van der Waals surface area contributed by atoms with Crippen molar-refractivity contribution in [3.8, 4) is 12.3 Å². The van der Waals surface area contributed by atoms with Gasteiger partial charge in [0.05, 0.1) is 15.9 Å². The molecule has 0 amide bonds. The van der Waals surface area contributed by atoms with Crippen LogP contribution in [-0.4, -0.2) is 4.92 Å². The van der Waals surface area contributed by atoms with Gasteiger partial charge in [-0.3, -0.25) is 10.1 Å². The lowest BCUT2D eigenvalue weighted by Gasteiger charge is -2.08. The SMILES string of the molecule is C#CC1(c2cc(F)ccc2[N+](=O)[O-])CC1. The second-order valence-electron chi connectivity index (χ2n) is 3.65. The molecule has 3 nitrogen and oxygen atoms in total. The van der Waals surface area contributed by atoms with Crippen molar-refractivity contribution in [1.29, 1.82) is 0 Å². The Kier molecular flexibility index (Phi) is 1.97. The van der Waals surface area contributed by atoms with Crippen LogP contribution in [-0.2, 0) is 5.41 Å². The Hall–Kier alpha value is -1.89. The predicted octanol–water partition coefficient (Wildman–Crippen LogP) is 2.40. The van der Waals surface area contributed by atoms with E-state index in [1.165, 1.54) is 12.1 Å². The van der Waals surface area contributed by atoms with Crippen LogP contribution < -0.4 is 0 Å². The van der Waals surface area contributed by atoms with E-state index in [2.05, 4.69) is 5.92 Å². The summed E-state index contributed by atoms with van der Waals surface area (Å²) in [7, 11) is 0. The maximum Gasteiger partial charge on any atom is 0.274 e. The normalized spacial score (nSPS) is 16.8. The zero-order chi connectivity index (χ0) is 11.1. The summed E-state index contributed by atoms with van der Waals surface area (Å²) in [6.07, 6.45) is 6.70. The van der Waals surface area contributed by atoms with Gasteiger partial charge >= 0.3 is 0 Å². The van der Waals surface area contributed by atoms with Crippen LogP contribution in [0, 0.1) is 28.3 Å². The van der Waals surface area contributed by atoms with Gasteiger partial charge in [0.2, 0.25) is 0 Å². The van der Waals surface area contributed by atoms with Crippen molar-refractivity contribution in [2.75, 3.05) is 0 Å². The summed E-state index contributed by atoms with van der Waals surface area (Å²) < 4.78 is 13.0. The molecule has 4 heteroatoms. The van der Waals surface area contributed by atoms with Crippen LogP contribution in [0.15, 0.2) is 18.2 Å². The number of hydrogen-bond donors (Lipinski definition) is 0. The van der Waals surface area contributed by atoms with Crippen molar-refractivity contribution in [3.05, 3.63) is 39.7 Å². The minimum absolute atomic E-state index is 0.0909. The smallest absolute Gasteiger partial charge is 0.258 e. The summed E-state index contributed by atoms with van der Waals surface area (Å²) in [5.41, 5.74) is -0.369. The highest BCUT2D eigenvalue weighted by atomic mass is 19.1. The second-order valence-corrected chi connectivity index (χ2v) is 3.65. The van der Waals surface area contributed by atoms with E-state index in [1.807, 2.05) is 0 Å². The number of nitro benzene ring substituents is 1. The Morgan fingerprint density at radius 3 is 2.67 bits per heavy atom. The lowest BCUT2D eigenvalue weighted by molar-refractivity contribution is -0.385. The summed E-state index contributed by atoms with van der Waals surface area (Å²) in [5, 5.41) is 10.7. The fourth-order valence-electron chi connectivity index (χ4n) is 1.67. The summed E-state index contributed by atoms with van der Waals surface area (Å²) in [6, 6.07) is 3.42. The van der Waals surface area contributed by atoms with Crippen molar-refractivity contribution in [2.45, 2.75) is 18.3 Å². The molecule has 0 spiro atoms. The van der Waals surface area contributed by atoms with Crippen LogP contribution in [0.4, 0.5) is 10.1 Å². The highest BCUT2D eigenvalue weighted by Gasteiger charge is 2.46. The van der Waals surface area contributed by atoms with E-state index < -0.39 is 16.2 Å². The van der Waals surface area contributed by atoms with Crippen molar-refractivity contribution >= 4 is 5.69 Å². The van der Waals surface area contributed by atoms with E-state index in [0.717, 1.165) is 6.07 Å². The largest absolute Gasteiger partial charge is 0.274 e. The quantitative estimate of drug-likeness (QED) is 0.422. The van der Waals surface area contributed by atoms with Gasteiger partial charge in [0, 0.05) is 6.07 Å². The Morgan fingerprint density at radius 2 is 2.20 bits per heavy atom. The summed E-state index contributed by atoms with van der Waals surface area (Å²) in [5.74, 6) is 2.03. The third kappa shape index (κ3) is 1.46. The fourth-order valence-corrected chi connectivity index (χ4v) is 1.67. The lowest BCUT2D eigenvalue weighted by atomic mass is 9.95. The van der Waals surface area contributed by atoms with Crippen LogP contribution in [0.5, 0.6) is 0 Å². The van der Waals surface area contributed by atoms with E-state index in [9.17, 15) is 14.5 Å². The highest BCUT2D eigenvalue weighted by molar-refractivity contribution is 5.53. The van der Waals surface area contributed by atoms with E-state index in [4.69, 9.17) is 6.42 Å². The monoisotopic (exact) mass is 205 g/mol. The van der Waals surface area contributed by atoms with Crippen LogP contribution >= 0.6 is 0 Å². The standard InChI is InChI=1S/C11H8FNO2/c1-2-11(5-6-11)9-7-8(12)3-4-10(9)13(14)15/h1,3-4,7H,5-6H2. The molecular formula is C11H8FNO2. The molecule has 0 aromatic heterocycles. The average Bonchev–Trinajstić information content (AvgIpc) is 2.97. The van der Waals surface area contributed by atoms with Gasteiger partial charge in [0.1, 0.15) is 5.82 Å². The lowest BCUT2D eigenvalue weighted by Crippen LogP contribution is -2.07. The number of hydrogen-bond acceptors (Lipinski definition) is 2. The first-order valence-electron chi connectivity index (χ1n) is 4.51. The number of nitro groups is 1. The van der Waals surface area contributed by atoms with Gasteiger partial charge in [0.15, 0.2) is 0 Å². The van der Waals surface area contributed by atoms with Gasteiger partial charge in [-0.05, 0) is 25.0 Å². The molecule has 2 rings (SSSR count). The van der Waals surface area contributed by atoms with E-state index in [0.29, 0.717) is 18.4 Å². The Labute approximate surface area is 86.1 Å². The summed E-state index contributed by atoms with van der Waals surface area (Å²) >= 11 is 0. The molecular weight excluding hydrogens is 197 g/mol. The molecule has 0 N–H and O–H groups in total. The van der Waals surface area contributed by atoms with Gasteiger partial charge in [-0.15, -0.1) is 6.42 Å². The first-order valence-corrected chi connectivity index (χ1v) is 4.51. The van der Waals surface area contributed by atoms with Crippen molar-refractivity contribution in [3.63, 3.8) is 0 Å². The van der Waals surface area contributed by atoms with Crippen LogP contribution in [0.25, 0.3) is 0 Å². The molecule has 0 atom stereocenters. The predicted molar refractivity (Wildman–Crippen MR) is 52.8 cm³/mol. The average molecular weight is 205 g/mol. The molecule has 0 bridgehead atoms. The number of halogens is 1. The highest BCUT2D eigenvalue weighted by Crippen LogP contribution is 2.50. The van der Waals surface area contributed by atoms with Gasteiger partial charge in [-0.1, -0.05) is 5.92 Å². The fraction of sp³-hybridized carbons (Fsp3) is 0.273. The first kappa shape index (κ1) is 9.66. The molecule has 1 saturated carbocycles. The molecule has 1 aliphatic carbocycles. The summed E-state index contributed by atoms with van der Waals surface area (Å²) in [6.45, 7) is 0. The minimum atomic E-state index is -0.607. The van der Waals surface area contributed by atoms with Crippen molar-refractivity contribution in [2.24, 2.45) is 0 Å². The van der Waals surface area contributed by atoms with Crippen molar-refractivity contribution < 1.29 is 9.31 Å². The van der Waals surface area contributed by atoms with E-state index in [1.54, 1.807) is 0 Å². The number of rotatable bonds is 2. The molecule has 0 unspecified atom stereocenters. The van der Waals surface area contributed by atoms with Gasteiger partial charge in [-0.25, -0.2) is 4.39 Å². The molecule has 1 fully saturated rings. The Bertz CT molecular complexity index is 472. The van der Waals surface area contributed by atoms with Crippen LogP contribution in [0.3, 0.4) is 0 Å². The number of nitrogens with zero attached hydrogens (tertiary/aromatic N) is 1.